The first kappa shape index (κ1) is 20.7. The molecule has 2 N–H and O–H groups in total. The van der Waals surface area contributed by atoms with Gasteiger partial charge in [-0.05, 0) is 70.7 Å². The van der Waals surface area contributed by atoms with Gasteiger partial charge in [0.15, 0.2) is 0 Å². The van der Waals surface area contributed by atoms with Gasteiger partial charge in [-0.2, -0.15) is 0 Å². The third-order valence-corrected chi connectivity index (χ3v) is 7.69. The Bertz CT molecular complexity index is 1300. The minimum absolute atomic E-state index is 0.0343. The smallest absolute Gasteiger partial charge is 0.314 e. The molecule has 1 amide bonds. The van der Waals surface area contributed by atoms with Crippen LogP contribution < -0.4 is 10.2 Å². The Kier molecular flexibility index (Phi) is 5.20. The molecule has 32 heavy (non-hydrogen) atoms. The molecule has 0 saturated carbocycles. The van der Waals surface area contributed by atoms with E-state index in [4.69, 9.17) is 4.84 Å². The number of H-pyrrole nitrogens is 1. The third kappa shape index (κ3) is 3.46. The van der Waals surface area contributed by atoms with Crippen LogP contribution >= 0.6 is 0 Å². The molecule has 9 nitrogen and oxygen atoms in total. The van der Waals surface area contributed by atoms with E-state index in [1.165, 1.54) is 23.3 Å². The van der Waals surface area contributed by atoms with Crippen LogP contribution in [-0.4, -0.2) is 49.4 Å². The summed E-state index contributed by atoms with van der Waals surface area (Å²) in [5.74, 6) is -0.426. The predicted octanol–water partition coefficient (Wildman–Crippen LogP) is 1.70. The van der Waals surface area contributed by atoms with Crippen LogP contribution in [0.1, 0.15) is 17.5 Å². The Labute approximate surface area is 185 Å². The molecule has 3 heterocycles. The van der Waals surface area contributed by atoms with Crippen molar-refractivity contribution in [3.63, 3.8) is 0 Å². The zero-order valence-corrected chi connectivity index (χ0v) is 18.0. The first-order chi connectivity index (χ1) is 15.5. The van der Waals surface area contributed by atoms with Crippen molar-refractivity contribution in [1.82, 2.24) is 14.8 Å². The van der Waals surface area contributed by atoms with Crippen molar-refractivity contribution in [3.8, 4) is 0 Å². The molecular formula is C22H22N4O5S. The van der Waals surface area contributed by atoms with Gasteiger partial charge in [-0.3, -0.25) is 9.59 Å². The molecule has 0 bridgehead atoms. The van der Waals surface area contributed by atoms with Gasteiger partial charge in [0.05, 0.1) is 4.90 Å². The maximum absolute atomic E-state index is 13.3. The maximum atomic E-state index is 13.3. The number of hydroxylamine groups is 1. The summed E-state index contributed by atoms with van der Waals surface area (Å²) in [6, 6.07) is 11.1. The molecule has 1 atom stereocenters. The zero-order valence-electron chi connectivity index (χ0n) is 17.2. The van der Waals surface area contributed by atoms with E-state index >= 15 is 0 Å². The van der Waals surface area contributed by atoms with Crippen LogP contribution in [0.5, 0.6) is 0 Å². The van der Waals surface area contributed by atoms with E-state index in [-0.39, 0.29) is 17.8 Å². The number of hydrogen-bond donors (Lipinski definition) is 2. The Morgan fingerprint density at radius 3 is 2.84 bits per heavy atom. The molecule has 2 aromatic carbocycles. The van der Waals surface area contributed by atoms with Crippen molar-refractivity contribution in [2.45, 2.75) is 30.3 Å². The summed E-state index contributed by atoms with van der Waals surface area (Å²) in [5.41, 5.74) is 3.70. The van der Waals surface area contributed by atoms with Crippen molar-refractivity contribution in [3.05, 3.63) is 59.8 Å². The fraction of sp³-hybridized carbons (Fsp3) is 0.273. The van der Waals surface area contributed by atoms with E-state index in [0.29, 0.717) is 16.5 Å². The molecule has 1 aromatic heterocycles. The SMILES string of the molecule is O=CON([C@H]1CCN(c2ccc3c(c2)CCNC3)C1=O)S(=O)(=O)c1ccc2cc[nH]c2c1. The van der Waals surface area contributed by atoms with E-state index in [2.05, 4.69) is 10.3 Å². The summed E-state index contributed by atoms with van der Waals surface area (Å²) >= 11 is 0. The number of aromatic nitrogens is 1. The minimum Gasteiger partial charge on any atom is -0.361 e. The van der Waals surface area contributed by atoms with E-state index in [9.17, 15) is 18.0 Å². The molecule has 0 spiro atoms. The maximum Gasteiger partial charge on any atom is 0.314 e. The van der Waals surface area contributed by atoms with E-state index in [1.807, 2.05) is 24.3 Å². The summed E-state index contributed by atoms with van der Waals surface area (Å²) < 4.78 is 27.1. The van der Waals surface area contributed by atoms with Crippen LogP contribution in [0.2, 0.25) is 0 Å². The molecule has 2 aliphatic heterocycles. The van der Waals surface area contributed by atoms with Gasteiger partial charge in [0.25, 0.3) is 10.0 Å². The largest absolute Gasteiger partial charge is 0.361 e. The highest BCUT2D eigenvalue weighted by Crippen LogP contribution is 2.31. The van der Waals surface area contributed by atoms with Gasteiger partial charge in [0.2, 0.25) is 5.91 Å². The fourth-order valence-electron chi connectivity index (χ4n) is 4.38. The van der Waals surface area contributed by atoms with E-state index in [0.717, 1.165) is 30.6 Å². The molecule has 1 saturated heterocycles. The molecule has 166 valence electrons. The first-order valence-electron chi connectivity index (χ1n) is 10.3. The number of nitrogens with zero attached hydrogens (tertiary/aromatic N) is 2. The monoisotopic (exact) mass is 454 g/mol. The molecular weight excluding hydrogens is 432 g/mol. The molecule has 10 heteroatoms. The minimum atomic E-state index is -4.26. The standard InChI is InChI=1S/C22H22N4O5S/c27-14-31-26(32(29,30)19-4-2-15-6-9-24-20(15)12-19)21-7-10-25(22(21)28)18-3-1-17-13-23-8-5-16(17)11-18/h1-4,6,9,11-12,14,21,23-24H,5,7-8,10,13H2/t21-/m0/s1. The lowest BCUT2D eigenvalue weighted by atomic mass is 10.0. The normalized spacial score (nSPS) is 18.8. The Balaban J connectivity index is 1.45. The molecule has 1 fully saturated rings. The molecule has 2 aliphatic rings. The number of aromatic amines is 1. The molecule has 5 rings (SSSR count). The Hall–Kier alpha value is -3.21. The van der Waals surface area contributed by atoms with E-state index < -0.39 is 22.0 Å². The summed E-state index contributed by atoms with van der Waals surface area (Å²) in [5, 5.41) is 4.16. The van der Waals surface area contributed by atoms with Crippen molar-refractivity contribution in [2.24, 2.45) is 0 Å². The van der Waals surface area contributed by atoms with Crippen LogP contribution in [0.3, 0.4) is 0 Å². The summed E-state index contributed by atoms with van der Waals surface area (Å²) in [6.45, 7) is 2.02. The molecule has 0 aliphatic carbocycles. The van der Waals surface area contributed by atoms with Gasteiger partial charge < -0.3 is 20.0 Å². The van der Waals surface area contributed by atoms with E-state index in [1.54, 1.807) is 17.2 Å². The highest BCUT2D eigenvalue weighted by atomic mass is 32.2. The number of fused-ring (bicyclic) bond motifs is 2. The van der Waals surface area contributed by atoms with Gasteiger partial charge >= 0.3 is 6.47 Å². The van der Waals surface area contributed by atoms with Crippen molar-refractivity contribution in [2.75, 3.05) is 18.0 Å². The van der Waals surface area contributed by atoms with Gasteiger partial charge in [0.1, 0.15) is 6.04 Å². The highest BCUT2D eigenvalue weighted by Gasteiger charge is 2.44. The number of anilines is 1. The summed E-state index contributed by atoms with van der Waals surface area (Å²) in [4.78, 5) is 33.7. The number of carbonyl (C=O) groups excluding carboxylic acids is 2. The predicted molar refractivity (Wildman–Crippen MR) is 117 cm³/mol. The molecule has 0 radical (unpaired) electrons. The van der Waals surface area contributed by atoms with Gasteiger partial charge in [-0.25, -0.2) is 8.42 Å². The van der Waals surface area contributed by atoms with Gasteiger partial charge in [-0.15, -0.1) is 0 Å². The Morgan fingerprint density at radius 1 is 1.12 bits per heavy atom. The number of rotatable bonds is 6. The number of carbonyl (C=O) groups is 2. The lowest BCUT2D eigenvalue weighted by Gasteiger charge is -2.25. The van der Waals surface area contributed by atoms with Crippen LogP contribution in [0.4, 0.5) is 5.69 Å². The van der Waals surface area contributed by atoms with Crippen LogP contribution in [-0.2, 0) is 37.4 Å². The lowest BCUT2D eigenvalue weighted by molar-refractivity contribution is -0.160. The first-order valence-corrected chi connectivity index (χ1v) is 11.8. The number of sulfonamides is 1. The Morgan fingerprint density at radius 2 is 2.00 bits per heavy atom. The average Bonchev–Trinajstić information content (AvgIpc) is 3.43. The number of amides is 1. The highest BCUT2D eigenvalue weighted by molar-refractivity contribution is 7.89. The molecule has 0 unspecified atom stereocenters. The quantitative estimate of drug-likeness (QED) is 0.433. The van der Waals surface area contributed by atoms with Crippen molar-refractivity contribution < 1.29 is 22.8 Å². The second-order valence-electron chi connectivity index (χ2n) is 7.86. The van der Waals surface area contributed by atoms with Crippen molar-refractivity contribution >= 4 is 39.0 Å². The summed E-state index contributed by atoms with van der Waals surface area (Å²) in [6.07, 6.45) is 2.77. The topological polar surface area (TPSA) is 112 Å². The third-order valence-electron chi connectivity index (χ3n) is 6.03. The lowest BCUT2D eigenvalue weighted by Crippen LogP contribution is -2.45. The second kappa shape index (κ2) is 8.05. The summed E-state index contributed by atoms with van der Waals surface area (Å²) in [7, 11) is -4.26. The number of benzene rings is 2. The number of hydrogen-bond acceptors (Lipinski definition) is 6. The fourth-order valence-corrected chi connectivity index (χ4v) is 5.77. The van der Waals surface area contributed by atoms with Crippen LogP contribution in [0.15, 0.2) is 53.6 Å². The molecule has 3 aromatic rings. The van der Waals surface area contributed by atoms with Crippen LogP contribution in [0.25, 0.3) is 10.9 Å². The second-order valence-corrected chi connectivity index (χ2v) is 9.64. The average molecular weight is 455 g/mol. The van der Waals surface area contributed by atoms with Gasteiger partial charge in [0, 0.05) is 30.5 Å². The van der Waals surface area contributed by atoms with Gasteiger partial charge in [-0.1, -0.05) is 12.1 Å². The number of nitrogens with one attached hydrogen (secondary N) is 2. The zero-order chi connectivity index (χ0) is 22.3. The van der Waals surface area contributed by atoms with Crippen molar-refractivity contribution in [1.29, 1.82) is 0 Å². The van der Waals surface area contributed by atoms with Crippen LogP contribution in [0, 0.1) is 0 Å².